The Morgan fingerprint density at radius 2 is 1.91 bits per heavy atom. The predicted octanol–water partition coefficient (Wildman–Crippen LogP) is 1.34. The van der Waals surface area contributed by atoms with Crippen molar-refractivity contribution >= 4 is 40.0 Å². The number of nitrogens with zero attached hydrogens (tertiary/aromatic N) is 3. The van der Waals surface area contributed by atoms with Gasteiger partial charge in [-0.15, -0.1) is 0 Å². The summed E-state index contributed by atoms with van der Waals surface area (Å²) in [5.74, 6) is -0.481. The van der Waals surface area contributed by atoms with Crippen molar-refractivity contribution in [3.05, 3.63) is 34.7 Å². The number of thioether (sulfide) groups is 1. The first-order valence-electron chi connectivity index (χ1n) is 7.42. The molecule has 118 valence electrons. The first-order valence-corrected chi connectivity index (χ1v) is 8.24. The number of hydrogen-bond acceptors (Lipinski definition) is 5. The number of carbonyl (C=O) groups is 2. The van der Waals surface area contributed by atoms with Gasteiger partial charge in [-0.3, -0.25) is 9.59 Å². The molecule has 0 bridgehead atoms. The summed E-state index contributed by atoms with van der Waals surface area (Å²) < 4.78 is 5.33. The van der Waals surface area contributed by atoms with Crippen LogP contribution in [0, 0.1) is 0 Å². The van der Waals surface area contributed by atoms with E-state index in [0.29, 0.717) is 41.9 Å². The van der Waals surface area contributed by atoms with Gasteiger partial charge in [0.05, 0.1) is 29.4 Å². The van der Waals surface area contributed by atoms with Crippen LogP contribution in [0.5, 0.6) is 0 Å². The number of para-hydroxylation sites is 1. The van der Waals surface area contributed by atoms with E-state index in [1.807, 2.05) is 29.2 Å². The highest BCUT2D eigenvalue weighted by Crippen LogP contribution is 2.42. The number of rotatable bonds is 0. The maximum atomic E-state index is 12.6. The Morgan fingerprint density at radius 1 is 1.17 bits per heavy atom. The minimum atomic E-state index is -0.329. The van der Waals surface area contributed by atoms with Gasteiger partial charge in [0.15, 0.2) is 5.17 Å². The molecule has 3 aliphatic rings. The standard InChI is InChI=1S/C16H15N3O3S/c1-18-11-5-3-2-4-10(11)12(15(18)21)13-14(20)17-16(23-13)19-6-8-22-9-7-19/h2-5H,6-9H2,1H3. The van der Waals surface area contributed by atoms with Gasteiger partial charge in [-0.1, -0.05) is 18.2 Å². The van der Waals surface area contributed by atoms with Crippen LogP contribution in [0.15, 0.2) is 34.2 Å². The zero-order chi connectivity index (χ0) is 16.0. The molecule has 2 amide bonds. The summed E-state index contributed by atoms with van der Waals surface area (Å²) in [6.07, 6.45) is 0. The fourth-order valence-corrected chi connectivity index (χ4v) is 3.99. The molecule has 7 heteroatoms. The van der Waals surface area contributed by atoms with E-state index in [1.165, 1.54) is 11.8 Å². The summed E-state index contributed by atoms with van der Waals surface area (Å²) in [7, 11) is 1.72. The Balaban J connectivity index is 1.72. The van der Waals surface area contributed by atoms with Crippen molar-refractivity contribution in [3.8, 4) is 0 Å². The fourth-order valence-electron chi connectivity index (χ4n) is 2.93. The van der Waals surface area contributed by atoms with Gasteiger partial charge < -0.3 is 14.5 Å². The summed E-state index contributed by atoms with van der Waals surface area (Å²) in [5.41, 5.74) is 2.09. The van der Waals surface area contributed by atoms with E-state index in [-0.39, 0.29) is 11.8 Å². The number of fused-ring (bicyclic) bond motifs is 1. The fraction of sp³-hybridized carbons (Fsp3) is 0.312. The average molecular weight is 329 g/mol. The number of hydrogen-bond donors (Lipinski definition) is 0. The minimum Gasteiger partial charge on any atom is -0.378 e. The molecule has 4 rings (SSSR count). The lowest BCUT2D eigenvalue weighted by Gasteiger charge is -2.27. The molecular weight excluding hydrogens is 314 g/mol. The van der Waals surface area contributed by atoms with E-state index in [0.717, 1.165) is 11.3 Å². The molecule has 3 aliphatic heterocycles. The van der Waals surface area contributed by atoms with Gasteiger partial charge in [0, 0.05) is 25.7 Å². The van der Waals surface area contributed by atoms with Crippen LogP contribution in [0.4, 0.5) is 5.69 Å². The molecule has 0 aliphatic carbocycles. The Kier molecular flexibility index (Phi) is 3.46. The van der Waals surface area contributed by atoms with Crippen LogP contribution in [0.25, 0.3) is 5.57 Å². The normalized spacial score (nSPS) is 24.3. The summed E-state index contributed by atoms with van der Waals surface area (Å²) in [4.78, 5) is 33.2. The lowest BCUT2D eigenvalue weighted by atomic mass is 10.1. The number of amides is 2. The first-order chi connectivity index (χ1) is 11.2. The van der Waals surface area contributed by atoms with Crippen LogP contribution in [-0.2, 0) is 14.3 Å². The van der Waals surface area contributed by atoms with E-state index in [9.17, 15) is 9.59 Å². The maximum absolute atomic E-state index is 12.6. The molecule has 0 radical (unpaired) electrons. The molecule has 0 saturated carbocycles. The second-order valence-corrected chi connectivity index (χ2v) is 6.46. The molecule has 0 N–H and O–H groups in total. The molecule has 1 aromatic carbocycles. The molecule has 1 aromatic rings. The second kappa shape index (κ2) is 5.50. The monoisotopic (exact) mass is 329 g/mol. The van der Waals surface area contributed by atoms with Crippen LogP contribution in [0.2, 0.25) is 0 Å². The number of morpholine rings is 1. The lowest BCUT2D eigenvalue weighted by molar-refractivity contribution is -0.115. The van der Waals surface area contributed by atoms with Gasteiger partial charge >= 0.3 is 0 Å². The summed E-state index contributed by atoms with van der Waals surface area (Å²) >= 11 is 1.29. The molecule has 6 nitrogen and oxygen atoms in total. The van der Waals surface area contributed by atoms with Gasteiger partial charge in [0.2, 0.25) is 0 Å². The molecule has 1 saturated heterocycles. The van der Waals surface area contributed by atoms with E-state index in [1.54, 1.807) is 11.9 Å². The van der Waals surface area contributed by atoms with Gasteiger partial charge in [0.1, 0.15) is 0 Å². The largest absolute Gasteiger partial charge is 0.378 e. The number of carbonyl (C=O) groups excluding carboxylic acids is 2. The van der Waals surface area contributed by atoms with Crippen LogP contribution >= 0.6 is 11.8 Å². The average Bonchev–Trinajstić information content (AvgIpc) is 3.08. The molecule has 1 fully saturated rings. The quantitative estimate of drug-likeness (QED) is 0.672. The molecule has 0 aromatic heterocycles. The Hall–Kier alpha value is -2.12. The Bertz CT molecular complexity index is 766. The van der Waals surface area contributed by atoms with Gasteiger partial charge in [0.25, 0.3) is 11.8 Å². The van der Waals surface area contributed by atoms with Crippen molar-refractivity contribution in [1.29, 1.82) is 0 Å². The number of aliphatic imine (C=N–C) groups is 1. The predicted molar refractivity (Wildman–Crippen MR) is 89.2 cm³/mol. The number of ether oxygens (including phenoxy) is 1. The van der Waals surface area contributed by atoms with Crippen LogP contribution in [0.3, 0.4) is 0 Å². The van der Waals surface area contributed by atoms with Crippen LogP contribution in [-0.4, -0.2) is 55.2 Å². The Morgan fingerprint density at radius 3 is 2.70 bits per heavy atom. The third-order valence-electron chi connectivity index (χ3n) is 4.15. The Labute approximate surface area is 137 Å². The van der Waals surface area contributed by atoms with E-state index in [4.69, 9.17) is 4.74 Å². The number of likely N-dealkylation sites (N-methyl/N-ethyl adjacent to an activating group) is 1. The highest BCUT2D eigenvalue weighted by atomic mass is 32.2. The molecule has 0 unspecified atom stereocenters. The summed E-state index contributed by atoms with van der Waals surface area (Å²) in [6, 6.07) is 7.52. The van der Waals surface area contributed by atoms with Crippen molar-refractivity contribution in [2.45, 2.75) is 0 Å². The lowest BCUT2D eigenvalue weighted by Crippen LogP contribution is -2.38. The zero-order valence-electron chi connectivity index (χ0n) is 12.6. The zero-order valence-corrected chi connectivity index (χ0v) is 13.4. The van der Waals surface area contributed by atoms with E-state index < -0.39 is 0 Å². The highest BCUT2D eigenvalue weighted by molar-refractivity contribution is 8.18. The summed E-state index contributed by atoms with van der Waals surface area (Å²) in [5, 5.41) is 0.667. The van der Waals surface area contributed by atoms with Crippen molar-refractivity contribution < 1.29 is 14.3 Å². The van der Waals surface area contributed by atoms with Crippen molar-refractivity contribution in [3.63, 3.8) is 0 Å². The highest BCUT2D eigenvalue weighted by Gasteiger charge is 2.38. The van der Waals surface area contributed by atoms with E-state index >= 15 is 0 Å². The molecule has 0 atom stereocenters. The van der Waals surface area contributed by atoms with Crippen molar-refractivity contribution in [1.82, 2.24) is 4.90 Å². The van der Waals surface area contributed by atoms with Gasteiger partial charge in [-0.25, -0.2) is 0 Å². The molecule has 3 heterocycles. The third-order valence-corrected chi connectivity index (χ3v) is 5.26. The van der Waals surface area contributed by atoms with E-state index in [2.05, 4.69) is 4.99 Å². The first kappa shape index (κ1) is 14.5. The number of amidine groups is 1. The molecule has 0 spiro atoms. The third kappa shape index (κ3) is 2.27. The summed E-state index contributed by atoms with van der Waals surface area (Å²) in [6.45, 7) is 2.69. The van der Waals surface area contributed by atoms with Gasteiger partial charge in [-0.05, 0) is 17.8 Å². The van der Waals surface area contributed by atoms with Crippen molar-refractivity contribution in [2.75, 3.05) is 38.3 Å². The molecule has 23 heavy (non-hydrogen) atoms. The molecular formula is C16H15N3O3S. The van der Waals surface area contributed by atoms with Gasteiger partial charge in [-0.2, -0.15) is 4.99 Å². The van der Waals surface area contributed by atoms with Crippen molar-refractivity contribution in [2.24, 2.45) is 4.99 Å². The number of anilines is 1. The minimum absolute atomic E-state index is 0.152. The van der Waals surface area contributed by atoms with Crippen LogP contribution in [0.1, 0.15) is 5.56 Å². The SMILES string of the molecule is CN1C(=O)C(=C2SC(N3CCOCC3)=NC2=O)c2ccccc21. The number of benzene rings is 1. The second-order valence-electron chi connectivity index (χ2n) is 5.49. The maximum Gasteiger partial charge on any atom is 0.287 e. The van der Waals surface area contributed by atoms with Crippen LogP contribution < -0.4 is 4.90 Å². The smallest absolute Gasteiger partial charge is 0.287 e. The topological polar surface area (TPSA) is 62.2 Å².